The van der Waals surface area contributed by atoms with Gasteiger partial charge in [0.1, 0.15) is 11.3 Å². The van der Waals surface area contributed by atoms with Gasteiger partial charge < -0.3 is 14.3 Å². The van der Waals surface area contributed by atoms with Crippen molar-refractivity contribution in [2.45, 2.75) is 44.6 Å². The summed E-state index contributed by atoms with van der Waals surface area (Å²) >= 11 is 0. The van der Waals surface area contributed by atoms with E-state index in [4.69, 9.17) is 9.15 Å². The average Bonchev–Trinajstić information content (AvgIpc) is 2.82. The number of aliphatic hydroxyl groups is 1. The Kier molecular flexibility index (Phi) is 2.89. The summed E-state index contributed by atoms with van der Waals surface area (Å²) in [4.78, 5) is 12.6. The fraction of sp³-hybridized carbons (Fsp3) is 0.500. The number of fused-ring (bicyclic) bond motifs is 5. The van der Waals surface area contributed by atoms with Crippen LogP contribution in [0, 0.1) is 5.41 Å². The van der Waals surface area contributed by atoms with Crippen molar-refractivity contribution in [3.05, 3.63) is 39.7 Å². The van der Waals surface area contributed by atoms with Crippen molar-refractivity contribution in [2.75, 3.05) is 7.11 Å². The molecule has 4 nitrogen and oxygen atoms in total. The summed E-state index contributed by atoms with van der Waals surface area (Å²) in [5.41, 5.74) is 2.04. The molecule has 0 amide bonds. The van der Waals surface area contributed by atoms with Gasteiger partial charge in [0.15, 0.2) is 0 Å². The molecule has 1 aromatic carbocycles. The number of hydrogen-bond acceptors (Lipinski definition) is 4. The molecule has 2 aromatic rings. The van der Waals surface area contributed by atoms with Gasteiger partial charge in [-0.3, -0.25) is 0 Å². The van der Waals surface area contributed by atoms with Gasteiger partial charge in [-0.15, -0.1) is 0 Å². The molecule has 3 atom stereocenters. The average molecular weight is 300 g/mol. The SMILES string of the molecule is COc1ccc2c3c(c(=O)oc2c1)[C@@H]1CC[C@H](O)[C@@]1(C)CC3. The molecule has 0 spiro atoms. The molecule has 22 heavy (non-hydrogen) atoms. The first-order chi connectivity index (χ1) is 10.5. The van der Waals surface area contributed by atoms with E-state index in [0.717, 1.165) is 42.2 Å². The van der Waals surface area contributed by atoms with E-state index in [0.29, 0.717) is 11.3 Å². The second-order valence-electron chi connectivity index (χ2n) is 6.80. The van der Waals surface area contributed by atoms with Crippen LogP contribution in [0.4, 0.5) is 0 Å². The first-order valence-electron chi connectivity index (χ1n) is 7.86. The summed E-state index contributed by atoms with van der Waals surface area (Å²) in [5, 5.41) is 11.3. The first kappa shape index (κ1) is 13.8. The van der Waals surface area contributed by atoms with Gasteiger partial charge in [-0.25, -0.2) is 4.79 Å². The molecule has 1 saturated carbocycles. The Hall–Kier alpha value is -1.81. The lowest BCUT2D eigenvalue weighted by atomic mass is 9.66. The fourth-order valence-corrected chi connectivity index (χ4v) is 4.43. The van der Waals surface area contributed by atoms with Gasteiger partial charge in [0.25, 0.3) is 0 Å². The highest BCUT2D eigenvalue weighted by molar-refractivity contribution is 5.83. The molecular formula is C18H20O4. The monoisotopic (exact) mass is 300 g/mol. The van der Waals surface area contributed by atoms with E-state index >= 15 is 0 Å². The molecule has 116 valence electrons. The molecule has 4 heteroatoms. The highest BCUT2D eigenvalue weighted by Crippen LogP contribution is 2.55. The minimum atomic E-state index is -0.323. The topological polar surface area (TPSA) is 59.7 Å². The predicted octanol–water partition coefficient (Wildman–Crippen LogP) is 2.99. The minimum absolute atomic E-state index is 0.106. The van der Waals surface area contributed by atoms with E-state index in [1.165, 1.54) is 0 Å². The number of aryl methyl sites for hydroxylation is 1. The summed E-state index contributed by atoms with van der Waals surface area (Å²) in [6.45, 7) is 2.11. The van der Waals surface area contributed by atoms with Crippen LogP contribution >= 0.6 is 0 Å². The van der Waals surface area contributed by atoms with E-state index in [-0.39, 0.29) is 23.1 Å². The molecule has 4 rings (SSSR count). The number of ether oxygens (including phenoxy) is 1. The quantitative estimate of drug-likeness (QED) is 0.823. The predicted molar refractivity (Wildman–Crippen MR) is 83.4 cm³/mol. The van der Waals surface area contributed by atoms with Crippen molar-refractivity contribution in [3.63, 3.8) is 0 Å². The normalized spacial score (nSPS) is 30.1. The molecular weight excluding hydrogens is 280 g/mol. The molecule has 0 unspecified atom stereocenters. The van der Waals surface area contributed by atoms with E-state index in [2.05, 4.69) is 6.92 Å². The highest BCUT2D eigenvalue weighted by atomic mass is 16.5. The smallest absolute Gasteiger partial charge is 0.340 e. The van der Waals surface area contributed by atoms with Crippen LogP contribution in [-0.2, 0) is 6.42 Å². The number of benzene rings is 1. The Morgan fingerprint density at radius 3 is 2.95 bits per heavy atom. The van der Waals surface area contributed by atoms with Crippen molar-refractivity contribution < 1.29 is 14.3 Å². The fourth-order valence-electron chi connectivity index (χ4n) is 4.43. The zero-order valence-corrected chi connectivity index (χ0v) is 12.9. The molecule has 0 aliphatic heterocycles. The lowest BCUT2D eigenvalue weighted by molar-refractivity contribution is 0.0451. The maximum absolute atomic E-state index is 12.6. The zero-order chi connectivity index (χ0) is 15.5. The van der Waals surface area contributed by atoms with Crippen molar-refractivity contribution >= 4 is 11.0 Å². The lowest BCUT2D eigenvalue weighted by Crippen LogP contribution is -2.37. The Labute approximate surface area is 128 Å². The van der Waals surface area contributed by atoms with Gasteiger partial charge in [-0.05, 0) is 49.3 Å². The Morgan fingerprint density at radius 2 is 2.18 bits per heavy atom. The number of methoxy groups -OCH3 is 1. The second-order valence-corrected chi connectivity index (χ2v) is 6.80. The molecule has 2 aliphatic rings. The van der Waals surface area contributed by atoms with Crippen LogP contribution in [0.2, 0.25) is 0 Å². The van der Waals surface area contributed by atoms with Crippen LogP contribution in [0.1, 0.15) is 43.2 Å². The molecule has 1 heterocycles. The van der Waals surface area contributed by atoms with Crippen molar-refractivity contribution in [1.29, 1.82) is 0 Å². The van der Waals surface area contributed by atoms with Crippen LogP contribution in [0.15, 0.2) is 27.4 Å². The summed E-state index contributed by atoms with van der Waals surface area (Å²) < 4.78 is 10.8. The molecule has 2 aliphatic carbocycles. The van der Waals surface area contributed by atoms with Gasteiger partial charge in [0, 0.05) is 22.4 Å². The third-order valence-electron chi connectivity index (χ3n) is 5.81. The van der Waals surface area contributed by atoms with Crippen LogP contribution in [0.3, 0.4) is 0 Å². The van der Waals surface area contributed by atoms with Gasteiger partial charge in [0.05, 0.1) is 13.2 Å². The third-order valence-corrected chi connectivity index (χ3v) is 5.81. The molecule has 0 bridgehead atoms. The van der Waals surface area contributed by atoms with Crippen LogP contribution < -0.4 is 10.4 Å². The maximum atomic E-state index is 12.6. The summed E-state index contributed by atoms with van der Waals surface area (Å²) in [5.74, 6) is 0.793. The second kappa shape index (κ2) is 4.59. The van der Waals surface area contributed by atoms with Crippen molar-refractivity contribution in [3.8, 4) is 5.75 Å². The van der Waals surface area contributed by atoms with E-state index in [1.807, 2.05) is 12.1 Å². The van der Waals surface area contributed by atoms with Gasteiger partial charge in [-0.1, -0.05) is 6.92 Å². The molecule has 1 fully saturated rings. The van der Waals surface area contributed by atoms with Gasteiger partial charge >= 0.3 is 5.63 Å². The van der Waals surface area contributed by atoms with Crippen LogP contribution in [0.25, 0.3) is 11.0 Å². The summed E-state index contributed by atoms with van der Waals surface area (Å²) in [7, 11) is 1.60. The summed E-state index contributed by atoms with van der Waals surface area (Å²) in [6, 6.07) is 5.65. The summed E-state index contributed by atoms with van der Waals surface area (Å²) in [6.07, 6.45) is 3.03. The zero-order valence-electron chi connectivity index (χ0n) is 12.9. The Bertz CT molecular complexity index is 807. The Morgan fingerprint density at radius 1 is 1.36 bits per heavy atom. The largest absolute Gasteiger partial charge is 0.497 e. The Balaban J connectivity index is 1.97. The van der Waals surface area contributed by atoms with E-state index < -0.39 is 0 Å². The van der Waals surface area contributed by atoms with Gasteiger partial charge in [0.2, 0.25) is 0 Å². The van der Waals surface area contributed by atoms with Gasteiger partial charge in [-0.2, -0.15) is 0 Å². The van der Waals surface area contributed by atoms with Crippen LogP contribution in [0.5, 0.6) is 5.75 Å². The van der Waals surface area contributed by atoms with E-state index in [9.17, 15) is 9.90 Å². The maximum Gasteiger partial charge on any atom is 0.340 e. The molecule has 1 N–H and O–H groups in total. The van der Waals surface area contributed by atoms with E-state index in [1.54, 1.807) is 13.2 Å². The highest BCUT2D eigenvalue weighted by Gasteiger charge is 2.50. The first-order valence-corrected chi connectivity index (χ1v) is 7.86. The van der Waals surface area contributed by atoms with Crippen molar-refractivity contribution in [2.24, 2.45) is 5.41 Å². The lowest BCUT2D eigenvalue weighted by Gasteiger charge is -2.39. The molecule has 1 aromatic heterocycles. The third kappa shape index (κ3) is 1.70. The minimum Gasteiger partial charge on any atom is -0.497 e. The number of aliphatic hydroxyl groups excluding tert-OH is 1. The van der Waals surface area contributed by atoms with Crippen LogP contribution in [-0.4, -0.2) is 18.3 Å². The van der Waals surface area contributed by atoms with Crippen molar-refractivity contribution in [1.82, 2.24) is 0 Å². The number of hydrogen-bond donors (Lipinski definition) is 1. The standard InChI is InChI=1S/C18H20O4/c1-18-8-7-12-11-4-3-10(21-2)9-14(11)22-17(20)16(12)13(18)5-6-15(18)19/h3-4,9,13,15,19H,5-8H2,1-2H3/t13-,15-,18-/m0/s1. The molecule has 0 radical (unpaired) electrons. The number of rotatable bonds is 1. The molecule has 0 saturated heterocycles.